The third kappa shape index (κ3) is 4.34. The van der Waals surface area contributed by atoms with Crippen LogP contribution in [0.1, 0.15) is 50.4 Å². The Balaban J connectivity index is 2.55. The Bertz CT molecular complexity index is 337. The first-order valence-electron chi connectivity index (χ1n) is 6.84. The number of thiazole rings is 1. The maximum Gasteiger partial charge on any atom is 0.0930 e. The Morgan fingerprint density at radius 3 is 2.56 bits per heavy atom. The summed E-state index contributed by atoms with van der Waals surface area (Å²) in [5.41, 5.74) is -0.137. The van der Waals surface area contributed by atoms with E-state index in [2.05, 4.69) is 38.0 Å². The predicted octanol–water partition coefficient (Wildman–Crippen LogP) is 2.98. The molecule has 1 rings (SSSR count). The fourth-order valence-corrected chi connectivity index (χ4v) is 3.00. The standard InChI is InChI=1S/C14H26N2OS/c1-5-14(6-2,10-17)16-9-12-8-15-13(18-12)7-11(3)4/h8,11,16-17H,5-7,9-10H2,1-4H3. The lowest BCUT2D eigenvalue weighted by Crippen LogP contribution is -2.46. The van der Waals surface area contributed by atoms with Gasteiger partial charge in [0.15, 0.2) is 0 Å². The smallest absolute Gasteiger partial charge is 0.0930 e. The van der Waals surface area contributed by atoms with Gasteiger partial charge in [0, 0.05) is 29.6 Å². The molecule has 0 aliphatic heterocycles. The molecule has 0 saturated heterocycles. The molecule has 1 heterocycles. The first-order valence-corrected chi connectivity index (χ1v) is 7.66. The van der Waals surface area contributed by atoms with Crippen molar-refractivity contribution in [1.29, 1.82) is 0 Å². The van der Waals surface area contributed by atoms with E-state index in [1.165, 1.54) is 9.88 Å². The lowest BCUT2D eigenvalue weighted by Gasteiger charge is -2.30. The molecule has 0 unspecified atom stereocenters. The van der Waals surface area contributed by atoms with Gasteiger partial charge in [-0.25, -0.2) is 4.98 Å². The van der Waals surface area contributed by atoms with Crippen LogP contribution in [-0.4, -0.2) is 22.2 Å². The van der Waals surface area contributed by atoms with Gasteiger partial charge in [0.2, 0.25) is 0 Å². The Kier molecular flexibility index (Phi) is 6.26. The minimum absolute atomic E-state index is 0.137. The third-order valence-corrected chi connectivity index (χ3v) is 4.50. The van der Waals surface area contributed by atoms with Gasteiger partial charge in [0.1, 0.15) is 0 Å². The monoisotopic (exact) mass is 270 g/mol. The van der Waals surface area contributed by atoms with Crippen LogP contribution < -0.4 is 5.32 Å². The van der Waals surface area contributed by atoms with Crippen molar-refractivity contribution in [2.45, 2.75) is 59.0 Å². The van der Waals surface area contributed by atoms with Gasteiger partial charge < -0.3 is 10.4 Å². The molecule has 1 aromatic heterocycles. The van der Waals surface area contributed by atoms with Crippen LogP contribution >= 0.6 is 11.3 Å². The van der Waals surface area contributed by atoms with Crippen LogP contribution in [0.3, 0.4) is 0 Å². The molecule has 0 amide bonds. The molecule has 0 bridgehead atoms. The van der Waals surface area contributed by atoms with Crippen molar-refractivity contribution in [3.63, 3.8) is 0 Å². The average molecular weight is 270 g/mol. The molecular weight excluding hydrogens is 244 g/mol. The molecule has 0 atom stereocenters. The summed E-state index contributed by atoms with van der Waals surface area (Å²) >= 11 is 1.78. The highest BCUT2D eigenvalue weighted by atomic mass is 32.1. The summed E-state index contributed by atoms with van der Waals surface area (Å²) in [6.07, 6.45) is 4.90. The van der Waals surface area contributed by atoms with Gasteiger partial charge in [-0.3, -0.25) is 0 Å². The van der Waals surface area contributed by atoms with E-state index in [1.807, 2.05) is 6.20 Å². The van der Waals surface area contributed by atoms with E-state index in [0.717, 1.165) is 25.8 Å². The number of aliphatic hydroxyl groups excluding tert-OH is 1. The van der Waals surface area contributed by atoms with Crippen molar-refractivity contribution < 1.29 is 5.11 Å². The summed E-state index contributed by atoms with van der Waals surface area (Å²) in [7, 11) is 0. The van der Waals surface area contributed by atoms with Crippen LogP contribution in [0.25, 0.3) is 0 Å². The van der Waals surface area contributed by atoms with Gasteiger partial charge in [-0.1, -0.05) is 27.7 Å². The topological polar surface area (TPSA) is 45.1 Å². The molecule has 4 heteroatoms. The summed E-state index contributed by atoms with van der Waals surface area (Å²) in [5.74, 6) is 0.653. The summed E-state index contributed by atoms with van der Waals surface area (Å²) in [6, 6.07) is 0. The second kappa shape index (κ2) is 7.22. The van der Waals surface area contributed by atoms with E-state index in [4.69, 9.17) is 0 Å². The Morgan fingerprint density at radius 1 is 1.39 bits per heavy atom. The number of hydrogen-bond donors (Lipinski definition) is 2. The molecule has 0 radical (unpaired) electrons. The molecule has 0 aliphatic carbocycles. The third-order valence-electron chi connectivity index (χ3n) is 3.48. The first-order chi connectivity index (χ1) is 8.55. The Labute approximate surface area is 115 Å². The fraction of sp³-hybridized carbons (Fsp3) is 0.786. The largest absolute Gasteiger partial charge is 0.394 e. The molecule has 0 aliphatic rings. The predicted molar refractivity (Wildman–Crippen MR) is 77.9 cm³/mol. The summed E-state index contributed by atoms with van der Waals surface area (Å²) in [4.78, 5) is 5.71. The van der Waals surface area contributed by atoms with Gasteiger partial charge in [-0.2, -0.15) is 0 Å². The van der Waals surface area contributed by atoms with Gasteiger partial charge in [-0.15, -0.1) is 11.3 Å². The molecular formula is C14H26N2OS. The van der Waals surface area contributed by atoms with E-state index in [9.17, 15) is 5.11 Å². The molecule has 0 saturated carbocycles. The lowest BCUT2D eigenvalue weighted by molar-refractivity contribution is 0.150. The highest BCUT2D eigenvalue weighted by Gasteiger charge is 2.24. The number of nitrogens with zero attached hydrogens (tertiary/aromatic N) is 1. The molecule has 2 N–H and O–H groups in total. The van der Waals surface area contributed by atoms with E-state index >= 15 is 0 Å². The lowest BCUT2D eigenvalue weighted by atomic mass is 9.94. The zero-order valence-corrected chi connectivity index (χ0v) is 12.8. The first kappa shape index (κ1) is 15.6. The molecule has 0 fully saturated rings. The van der Waals surface area contributed by atoms with Crippen LogP contribution in [0.2, 0.25) is 0 Å². The van der Waals surface area contributed by atoms with Crippen LogP contribution in [0.5, 0.6) is 0 Å². The number of rotatable bonds is 8. The SMILES string of the molecule is CCC(CC)(CO)NCc1cnc(CC(C)C)s1. The minimum Gasteiger partial charge on any atom is -0.394 e. The maximum atomic E-state index is 9.50. The van der Waals surface area contributed by atoms with Crippen molar-refractivity contribution in [2.24, 2.45) is 5.92 Å². The van der Waals surface area contributed by atoms with Crippen LogP contribution in [-0.2, 0) is 13.0 Å². The quantitative estimate of drug-likeness (QED) is 0.763. The van der Waals surface area contributed by atoms with E-state index in [0.29, 0.717) is 5.92 Å². The summed E-state index contributed by atoms with van der Waals surface area (Å²) in [6.45, 7) is 9.65. The second-order valence-electron chi connectivity index (χ2n) is 5.32. The van der Waals surface area contributed by atoms with Crippen molar-refractivity contribution >= 4 is 11.3 Å². The van der Waals surface area contributed by atoms with Crippen molar-refractivity contribution in [3.05, 3.63) is 16.1 Å². The number of nitrogens with one attached hydrogen (secondary N) is 1. The van der Waals surface area contributed by atoms with E-state index in [1.54, 1.807) is 11.3 Å². The number of aliphatic hydroxyl groups is 1. The van der Waals surface area contributed by atoms with Crippen molar-refractivity contribution in [3.8, 4) is 0 Å². The molecule has 1 aromatic rings. The van der Waals surface area contributed by atoms with Gasteiger partial charge >= 0.3 is 0 Å². The molecule has 18 heavy (non-hydrogen) atoms. The summed E-state index contributed by atoms with van der Waals surface area (Å²) < 4.78 is 0. The maximum absolute atomic E-state index is 9.50. The second-order valence-corrected chi connectivity index (χ2v) is 6.52. The Hall–Kier alpha value is -0.450. The number of aromatic nitrogens is 1. The van der Waals surface area contributed by atoms with Crippen molar-refractivity contribution in [1.82, 2.24) is 10.3 Å². The fourth-order valence-electron chi connectivity index (χ4n) is 1.93. The molecule has 104 valence electrons. The highest BCUT2D eigenvalue weighted by Crippen LogP contribution is 2.19. The highest BCUT2D eigenvalue weighted by molar-refractivity contribution is 7.11. The van der Waals surface area contributed by atoms with Crippen LogP contribution in [0, 0.1) is 5.92 Å². The average Bonchev–Trinajstić information content (AvgIpc) is 2.78. The van der Waals surface area contributed by atoms with Gasteiger partial charge in [0.25, 0.3) is 0 Å². The summed E-state index contributed by atoms with van der Waals surface area (Å²) in [5, 5.41) is 14.2. The number of hydrogen-bond acceptors (Lipinski definition) is 4. The Morgan fingerprint density at radius 2 is 2.06 bits per heavy atom. The molecule has 3 nitrogen and oxygen atoms in total. The normalized spacial score (nSPS) is 12.3. The molecule has 0 spiro atoms. The molecule has 0 aromatic carbocycles. The van der Waals surface area contributed by atoms with E-state index < -0.39 is 0 Å². The van der Waals surface area contributed by atoms with E-state index in [-0.39, 0.29) is 12.1 Å². The minimum atomic E-state index is -0.137. The van der Waals surface area contributed by atoms with Gasteiger partial charge in [-0.05, 0) is 18.8 Å². The van der Waals surface area contributed by atoms with Crippen molar-refractivity contribution in [2.75, 3.05) is 6.61 Å². The zero-order chi connectivity index (χ0) is 13.6. The van der Waals surface area contributed by atoms with Crippen LogP contribution in [0.4, 0.5) is 0 Å². The van der Waals surface area contributed by atoms with Crippen LogP contribution in [0.15, 0.2) is 6.20 Å². The zero-order valence-electron chi connectivity index (χ0n) is 12.0. The van der Waals surface area contributed by atoms with Gasteiger partial charge in [0.05, 0.1) is 11.6 Å².